The molecule has 0 saturated carbocycles. The van der Waals surface area contributed by atoms with E-state index >= 15 is 0 Å². The fourth-order valence-corrected chi connectivity index (χ4v) is 1.70. The van der Waals surface area contributed by atoms with Gasteiger partial charge in [-0.3, -0.25) is 9.48 Å². The lowest BCUT2D eigenvalue weighted by molar-refractivity contribution is 0.0955. The smallest absolute Gasteiger partial charge is 0.182 e. The highest BCUT2D eigenvalue weighted by atomic mass is 35.5. The van der Waals surface area contributed by atoms with Crippen LogP contribution in [0.5, 0.6) is 0 Å². The second-order valence-corrected chi connectivity index (χ2v) is 4.81. The zero-order valence-corrected chi connectivity index (χ0v) is 10.4. The average Bonchev–Trinajstić information content (AvgIpc) is 2.45. The van der Waals surface area contributed by atoms with Crippen molar-refractivity contribution in [1.29, 1.82) is 0 Å². The van der Waals surface area contributed by atoms with Crippen LogP contribution in [0.15, 0.2) is 6.20 Å². The predicted octanol–water partition coefficient (Wildman–Crippen LogP) is 3.35. The molecule has 0 aliphatic carbocycles. The molecule has 0 unspecified atom stereocenters. The summed E-state index contributed by atoms with van der Waals surface area (Å²) in [5, 5.41) is 4.56. The van der Waals surface area contributed by atoms with E-state index in [2.05, 4.69) is 5.10 Å². The molecule has 1 aromatic heterocycles. The Bertz CT molecular complexity index is 355. The van der Waals surface area contributed by atoms with Crippen LogP contribution in [0.3, 0.4) is 0 Å². The minimum Gasteiger partial charge on any atom is -0.292 e. The largest absolute Gasteiger partial charge is 0.292 e. The third-order valence-corrected chi connectivity index (χ3v) is 2.37. The zero-order valence-electron chi connectivity index (χ0n) is 9.62. The van der Waals surface area contributed by atoms with Gasteiger partial charge in [0.05, 0.1) is 11.2 Å². The summed E-state index contributed by atoms with van der Waals surface area (Å²) in [7, 11) is 0. The van der Waals surface area contributed by atoms with Crippen molar-refractivity contribution in [2.75, 3.05) is 0 Å². The van der Waals surface area contributed by atoms with Crippen molar-refractivity contribution in [3.05, 3.63) is 16.9 Å². The summed E-state index contributed by atoms with van der Waals surface area (Å²) in [5.41, 5.74) is 0.542. The Kier molecular flexibility index (Phi) is 3.91. The number of carbonyl (C=O) groups is 1. The first-order valence-corrected chi connectivity index (χ1v) is 5.57. The average molecular weight is 229 g/mol. The molecule has 1 heterocycles. The number of carbonyl (C=O) groups excluding carboxylic acids is 1. The van der Waals surface area contributed by atoms with E-state index in [1.165, 1.54) is 6.20 Å². The normalized spacial score (nSPS) is 11.4. The van der Waals surface area contributed by atoms with Crippen molar-refractivity contribution >= 4 is 17.4 Å². The molecule has 0 aliphatic heterocycles. The van der Waals surface area contributed by atoms with E-state index in [-0.39, 0.29) is 11.8 Å². The number of hydrogen-bond donors (Lipinski definition) is 0. The molecule has 0 amide bonds. The molecule has 0 bridgehead atoms. The number of Topliss-reactive ketones (excluding diaryl/α,β-unsaturated/α-hetero) is 1. The molecular weight excluding hydrogens is 212 g/mol. The van der Waals surface area contributed by atoms with E-state index in [1.807, 2.05) is 27.7 Å². The number of ketones is 1. The van der Waals surface area contributed by atoms with Crippen LogP contribution >= 0.6 is 11.6 Å². The Morgan fingerprint density at radius 1 is 1.47 bits per heavy atom. The van der Waals surface area contributed by atoms with Gasteiger partial charge >= 0.3 is 0 Å². The van der Waals surface area contributed by atoms with E-state index in [1.54, 1.807) is 4.68 Å². The zero-order chi connectivity index (χ0) is 11.6. The second kappa shape index (κ2) is 4.79. The summed E-state index contributed by atoms with van der Waals surface area (Å²) in [6, 6.07) is 0.156. The molecule has 4 heteroatoms. The molecule has 0 aromatic carbocycles. The summed E-state index contributed by atoms with van der Waals surface area (Å²) >= 11 is 5.96. The first-order chi connectivity index (χ1) is 6.93. The standard InChI is InChI=1S/C11H17ClN2O/c1-7(2)5-10(15)11-9(12)6-13-14(11)8(3)4/h6-8H,5H2,1-4H3. The van der Waals surface area contributed by atoms with Gasteiger partial charge < -0.3 is 0 Å². The third-order valence-electron chi connectivity index (χ3n) is 2.10. The summed E-state index contributed by atoms with van der Waals surface area (Å²) in [6.45, 7) is 7.99. The van der Waals surface area contributed by atoms with Crippen molar-refractivity contribution < 1.29 is 4.79 Å². The molecule has 0 saturated heterocycles. The van der Waals surface area contributed by atoms with Gasteiger partial charge in [0.15, 0.2) is 5.78 Å². The maximum Gasteiger partial charge on any atom is 0.182 e. The summed E-state index contributed by atoms with van der Waals surface area (Å²) in [5.74, 6) is 0.408. The van der Waals surface area contributed by atoms with Crippen LogP contribution in [0, 0.1) is 5.92 Å². The number of aromatic nitrogens is 2. The highest BCUT2D eigenvalue weighted by Crippen LogP contribution is 2.21. The quantitative estimate of drug-likeness (QED) is 0.741. The van der Waals surface area contributed by atoms with Gasteiger partial charge in [-0.05, 0) is 19.8 Å². The van der Waals surface area contributed by atoms with Gasteiger partial charge in [0, 0.05) is 12.5 Å². The van der Waals surface area contributed by atoms with Gasteiger partial charge in [-0.2, -0.15) is 5.10 Å². The van der Waals surface area contributed by atoms with Gasteiger partial charge in [0.1, 0.15) is 5.69 Å². The van der Waals surface area contributed by atoms with Crippen molar-refractivity contribution in [1.82, 2.24) is 9.78 Å². The summed E-state index contributed by atoms with van der Waals surface area (Å²) in [6.07, 6.45) is 2.05. The number of rotatable bonds is 4. The predicted molar refractivity (Wildman–Crippen MR) is 61.4 cm³/mol. The molecule has 0 spiro atoms. The van der Waals surface area contributed by atoms with E-state index in [4.69, 9.17) is 11.6 Å². The molecule has 0 radical (unpaired) electrons. The Hall–Kier alpha value is -0.830. The molecule has 0 N–H and O–H groups in total. The molecule has 1 rings (SSSR count). The lowest BCUT2D eigenvalue weighted by Crippen LogP contribution is -2.14. The van der Waals surface area contributed by atoms with Gasteiger partial charge in [-0.15, -0.1) is 0 Å². The third kappa shape index (κ3) is 2.81. The first kappa shape index (κ1) is 12.2. The highest BCUT2D eigenvalue weighted by Gasteiger charge is 2.19. The molecule has 15 heavy (non-hydrogen) atoms. The molecule has 0 atom stereocenters. The maximum atomic E-state index is 11.9. The molecule has 0 fully saturated rings. The summed E-state index contributed by atoms with van der Waals surface area (Å²) in [4.78, 5) is 11.9. The molecule has 84 valence electrons. The lowest BCUT2D eigenvalue weighted by Gasteiger charge is -2.11. The van der Waals surface area contributed by atoms with E-state index in [9.17, 15) is 4.79 Å². The van der Waals surface area contributed by atoms with Gasteiger partial charge in [-0.25, -0.2) is 0 Å². The highest BCUT2D eigenvalue weighted by molar-refractivity contribution is 6.33. The van der Waals surface area contributed by atoms with Crippen molar-refractivity contribution in [3.8, 4) is 0 Å². The van der Waals surface area contributed by atoms with E-state index in [0.29, 0.717) is 23.1 Å². The molecule has 1 aromatic rings. The Morgan fingerprint density at radius 3 is 2.53 bits per heavy atom. The van der Waals surface area contributed by atoms with E-state index in [0.717, 1.165) is 0 Å². The van der Waals surface area contributed by atoms with Crippen LogP contribution in [0.2, 0.25) is 5.02 Å². The van der Waals surface area contributed by atoms with Crippen molar-refractivity contribution in [2.24, 2.45) is 5.92 Å². The Balaban J connectivity index is 3.01. The van der Waals surface area contributed by atoms with E-state index < -0.39 is 0 Å². The van der Waals surface area contributed by atoms with Gasteiger partial charge in [0.2, 0.25) is 0 Å². The summed E-state index contributed by atoms with van der Waals surface area (Å²) < 4.78 is 1.69. The SMILES string of the molecule is CC(C)CC(=O)c1c(Cl)cnn1C(C)C. The van der Waals surface area contributed by atoms with Crippen LogP contribution in [0.4, 0.5) is 0 Å². The van der Waals surface area contributed by atoms with Crippen LogP contribution < -0.4 is 0 Å². The second-order valence-electron chi connectivity index (χ2n) is 4.40. The fourth-order valence-electron chi connectivity index (χ4n) is 1.46. The van der Waals surface area contributed by atoms with Gasteiger partial charge in [0.25, 0.3) is 0 Å². The molecule has 0 aliphatic rings. The fraction of sp³-hybridized carbons (Fsp3) is 0.636. The monoisotopic (exact) mass is 228 g/mol. The Morgan fingerprint density at radius 2 is 2.07 bits per heavy atom. The van der Waals surface area contributed by atoms with Crippen LogP contribution in [0.25, 0.3) is 0 Å². The number of halogens is 1. The maximum absolute atomic E-state index is 11.9. The van der Waals surface area contributed by atoms with Crippen molar-refractivity contribution in [2.45, 2.75) is 40.2 Å². The minimum atomic E-state index is 0.0706. The van der Waals surface area contributed by atoms with Crippen molar-refractivity contribution in [3.63, 3.8) is 0 Å². The number of nitrogens with zero attached hydrogens (tertiary/aromatic N) is 2. The lowest BCUT2D eigenvalue weighted by atomic mass is 10.1. The minimum absolute atomic E-state index is 0.0706. The Labute approximate surface area is 95.4 Å². The number of hydrogen-bond acceptors (Lipinski definition) is 2. The topological polar surface area (TPSA) is 34.9 Å². The van der Waals surface area contributed by atoms with Gasteiger partial charge in [-0.1, -0.05) is 25.4 Å². The first-order valence-electron chi connectivity index (χ1n) is 5.19. The van der Waals surface area contributed by atoms with Crippen LogP contribution in [-0.2, 0) is 0 Å². The van der Waals surface area contributed by atoms with Crippen LogP contribution in [-0.4, -0.2) is 15.6 Å². The molecular formula is C11H17ClN2O. The van der Waals surface area contributed by atoms with Crippen LogP contribution in [0.1, 0.15) is 50.6 Å². The molecule has 3 nitrogen and oxygen atoms in total.